The second-order valence-electron chi connectivity index (χ2n) is 3.21. The van der Waals surface area contributed by atoms with Gasteiger partial charge in [0.1, 0.15) is 0 Å². The van der Waals surface area contributed by atoms with Crippen LogP contribution in [0.1, 0.15) is 6.42 Å². The first-order valence-corrected chi connectivity index (χ1v) is 5.19. The van der Waals surface area contributed by atoms with Crippen LogP contribution in [0.25, 0.3) is 0 Å². The lowest BCUT2D eigenvalue weighted by atomic mass is 10.3. The molecule has 0 saturated heterocycles. The Morgan fingerprint density at radius 1 is 1.18 bits per heavy atom. The van der Waals surface area contributed by atoms with E-state index in [1.807, 2.05) is 0 Å². The van der Waals surface area contributed by atoms with E-state index in [9.17, 15) is 0 Å². The van der Waals surface area contributed by atoms with Gasteiger partial charge in [-0.1, -0.05) is 6.08 Å². The summed E-state index contributed by atoms with van der Waals surface area (Å²) in [4.78, 5) is 4.48. The van der Waals surface area contributed by atoms with Crippen molar-refractivity contribution < 1.29 is 0 Å². The molecule has 0 aliphatic heterocycles. The van der Waals surface area contributed by atoms with Crippen molar-refractivity contribution in [3.63, 3.8) is 0 Å². The summed E-state index contributed by atoms with van der Waals surface area (Å²) in [6.07, 6.45) is 3.93. The Balaban J connectivity index is 3.89. The van der Waals surface area contributed by atoms with Crippen molar-refractivity contribution in [1.29, 1.82) is 0 Å². The molecule has 0 heterocycles. The fourth-order valence-corrected chi connectivity index (χ4v) is 1.41. The van der Waals surface area contributed by atoms with Crippen LogP contribution in [0.4, 0.5) is 0 Å². The van der Waals surface area contributed by atoms with E-state index in [0.29, 0.717) is 6.17 Å². The quantitative estimate of drug-likeness (QED) is 0.424. The zero-order chi connectivity index (χ0) is 8.85. The molecule has 0 amide bonds. The van der Waals surface area contributed by atoms with Crippen molar-refractivity contribution in [3.05, 3.63) is 11.8 Å². The largest absolute Gasteiger partial charge is 0.294 e. The number of hydrogen-bond acceptors (Lipinski definition) is 2. The van der Waals surface area contributed by atoms with Gasteiger partial charge in [-0.25, -0.2) is 0 Å². The Bertz CT molecular complexity index is 113. The molecule has 0 aromatic carbocycles. The zero-order valence-electron chi connectivity index (χ0n) is 8.33. The molecule has 0 aromatic rings. The van der Waals surface area contributed by atoms with Crippen LogP contribution < -0.4 is 0 Å². The number of hydrogen-bond donors (Lipinski definition) is 0. The normalized spacial score (nSPS) is 13.0. The first-order valence-electron chi connectivity index (χ1n) is 4.03. The van der Waals surface area contributed by atoms with Crippen LogP contribution in [-0.4, -0.2) is 54.4 Å². The fourth-order valence-electron chi connectivity index (χ4n) is 1.14. The third-order valence-corrected chi connectivity index (χ3v) is 2.25. The third kappa shape index (κ3) is 4.34. The maximum atomic E-state index is 2.26. The summed E-state index contributed by atoms with van der Waals surface area (Å²) in [6, 6.07) is 0. The van der Waals surface area contributed by atoms with Gasteiger partial charge in [-0.15, -0.1) is 5.70 Å². The molecule has 2 nitrogen and oxygen atoms in total. The maximum Gasteiger partial charge on any atom is 0.0647 e. The van der Waals surface area contributed by atoms with Crippen molar-refractivity contribution >= 4 is 10.2 Å². The van der Waals surface area contributed by atoms with Gasteiger partial charge in [0, 0.05) is 10.2 Å². The molecule has 0 unspecified atom stereocenters. The summed E-state index contributed by atoms with van der Waals surface area (Å²) < 4.78 is 0. The molecule has 0 radical (unpaired) electrons. The van der Waals surface area contributed by atoms with Gasteiger partial charge in [0.25, 0.3) is 0 Å². The molecule has 0 N–H and O–H groups in total. The molecule has 66 valence electrons. The van der Waals surface area contributed by atoms with Gasteiger partial charge in [0.2, 0.25) is 0 Å². The highest BCUT2D eigenvalue weighted by Gasteiger charge is 2.10. The summed E-state index contributed by atoms with van der Waals surface area (Å²) in [5, 5.41) is 0. The van der Waals surface area contributed by atoms with E-state index in [1.165, 1.54) is 10.2 Å². The average Bonchev–Trinajstić information content (AvgIpc) is 1.87. The van der Waals surface area contributed by atoms with E-state index >= 15 is 0 Å². The first-order chi connectivity index (χ1) is 5.09. The van der Waals surface area contributed by atoms with Gasteiger partial charge in [-0.3, -0.25) is 9.80 Å². The molecule has 0 aromatic heterocycles. The molecular formula is C8H20N2Si. The number of rotatable bonds is 4. The minimum Gasteiger partial charge on any atom is -0.294 e. The molecule has 0 rings (SSSR count). The van der Waals surface area contributed by atoms with E-state index in [4.69, 9.17) is 0 Å². The lowest BCUT2D eigenvalue weighted by Gasteiger charge is -2.29. The van der Waals surface area contributed by atoms with Crippen molar-refractivity contribution in [1.82, 2.24) is 9.80 Å². The molecule has 0 spiro atoms. The van der Waals surface area contributed by atoms with Gasteiger partial charge >= 0.3 is 0 Å². The molecular weight excluding hydrogens is 152 g/mol. The van der Waals surface area contributed by atoms with Crippen LogP contribution in [0.15, 0.2) is 11.8 Å². The minimum atomic E-state index is 0.542. The smallest absolute Gasteiger partial charge is 0.0647 e. The van der Waals surface area contributed by atoms with Gasteiger partial charge in [0.05, 0.1) is 6.17 Å². The Morgan fingerprint density at radius 3 is 1.91 bits per heavy atom. The van der Waals surface area contributed by atoms with Crippen LogP contribution in [0.5, 0.6) is 0 Å². The summed E-state index contributed by atoms with van der Waals surface area (Å²) >= 11 is 0. The lowest BCUT2D eigenvalue weighted by Crippen LogP contribution is -2.39. The first kappa shape index (κ1) is 10.9. The van der Waals surface area contributed by atoms with Crippen LogP contribution in [0, 0.1) is 0 Å². The summed E-state index contributed by atoms with van der Waals surface area (Å²) in [5.41, 5.74) is 2.24. The molecule has 0 atom stereocenters. The van der Waals surface area contributed by atoms with Crippen LogP contribution in [0.3, 0.4) is 0 Å². The molecule has 3 heteroatoms. The molecule has 0 aliphatic rings. The third-order valence-electron chi connectivity index (χ3n) is 1.77. The van der Waals surface area contributed by atoms with Crippen LogP contribution in [0.2, 0.25) is 0 Å². The fraction of sp³-hybridized carbons (Fsp3) is 0.750. The average molecular weight is 172 g/mol. The summed E-state index contributed by atoms with van der Waals surface area (Å²) in [6.45, 7) is 0. The van der Waals surface area contributed by atoms with Crippen molar-refractivity contribution in [2.75, 3.05) is 28.2 Å². The van der Waals surface area contributed by atoms with Crippen molar-refractivity contribution in [2.24, 2.45) is 0 Å². The molecule has 11 heavy (non-hydrogen) atoms. The van der Waals surface area contributed by atoms with Gasteiger partial charge in [0.15, 0.2) is 0 Å². The second-order valence-corrected chi connectivity index (χ2v) is 3.88. The Hall–Kier alpha value is -0.123. The number of nitrogens with zero attached hydrogens (tertiary/aromatic N) is 2. The highest BCUT2D eigenvalue weighted by molar-refractivity contribution is 6.16. The zero-order valence-corrected chi connectivity index (χ0v) is 10.3. The van der Waals surface area contributed by atoms with E-state index < -0.39 is 0 Å². The second kappa shape index (κ2) is 5.52. The van der Waals surface area contributed by atoms with Crippen molar-refractivity contribution in [2.45, 2.75) is 12.6 Å². The standard InChI is InChI=1S/C8H20N2Si/c1-9(2)8(10(3)4)6-5-7-11/h5,7-8H,6H2,1-4,11H3. The van der Waals surface area contributed by atoms with Crippen LogP contribution >= 0.6 is 0 Å². The van der Waals surface area contributed by atoms with E-state index in [0.717, 1.165) is 6.42 Å². The SMILES string of the molecule is CN(C)C(CC=C[SiH3])N(C)C. The van der Waals surface area contributed by atoms with Gasteiger partial charge in [-0.05, 0) is 34.6 Å². The van der Waals surface area contributed by atoms with E-state index in [2.05, 4.69) is 49.8 Å². The summed E-state index contributed by atoms with van der Waals surface area (Å²) in [7, 11) is 9.64. The molecule has 0 fully saturated rings. The van der Waals surface area contributed by atoms with Crippen LogP contribution in [-0.2, 0) is 0 Å². The predicted octanol–water partition coefficient (Wildman–Crippen LogP) is -0.295. The highest BCUT2D eigenvalue weighted by atomic mass is 28.1. The monoisotopic (exact) mass is 172 g/mol. The Labute approximate surface area is 73.3 Å². The minimum absolute atomic E-state index is 0.542. The van der Waals surface area contributed by atoms with Gasteiger partial charge < -0.3 is 0 Å². The van der Waals surface area contributed by atoms with Gasteiger partial charge in [-0.2, -0.15) is 0 Å². The van der Waals surface area contributed by atoms with E-state index in [-0.39, 0.29) is 0 Å². The maximum absolute atomic E-state index is 2.26. The topological polar surface area (TPSA) is 6.48 Å². The Morgan fingerprint density at radius 2 is 1.64 bits per heavy atom. The Kier molecular flexibility index (Phi) is 5.46. The predicted molar refractivity (Wildman–Crippen MR) is 54.9 cm³/mol. The lowest BCUT2D eigenvalue weighted by molar-refractivity contribution is 0.132. The molecule has 0 bridgehead atoms. The highest BCUT2D eigenvalue weighted by Crippen LogP contribution is 2.02. The van der Waals surface area contributed by atoms with Crippen molar-refractivity contribution in [3.8, 4) is 0 Å². The molecule has 0 saturated carbocycles. The summed E-state index contributed by atoms with van der Waals surface area (Å²) in [5.74, 6) is 0. The molecule has 0 aliphatic carbocycles. The van der Waals surface area contributed by atoms with E-state index in [1.54, 1.807) is 0 Å².